The van der Waals surface area contributed by atoms with Crippen LogP contribution in [0, 0.1) is 6.92 Å². The summed E-state index contributed by atoms with van der Waals surface area (Å²) in [5.74, 6) is 0.842. The van der Waals surface area contributed by atoms with Crippen LogP contribution >= 0.6 is 28.1 Å². The minimum Gasteiger partial charge on any atom is -0.459 e. The summed E-state index contributed by atoms with van der Waals surface area (Å²) in [4.78, 5) is 12.4. The van der Waals surface area contributed by atoms with Gasteiger partial charge in [-0.05, 0) is 71.0 Å². The molecule has 0 aliphatic rings. The standard InChI is InChI=1S/C20H17BrN2O3S/c1-12-6-7-13(18-9-8-14(11-24)26-18)10-17(12)22-20(27)23-19(25)15-4-2-3-5-16(15)21/h2-10,24H,11H2,1H3,(H2,22,23,25,27). The molecule has 0 aliphatic carbocycles. The Morgan fingerprint density at radius 2 is 1.96 bits per heavy atom. The van der Waals surface area contributed by atoms with Crippen LogP contribution in [-0.2, 0) is 6.61 Å². The van der Waals surface area contributed by atoms with E-state index in [1.54, 1.807) is 30.3 Å². The van der Waals surface area contributed by atoms with Crippen molar-refractivity contribution >= 4 is 44.9 Å². The van der Waals surface area contributed by atoms with E-state index in [1.165, 1.54) is 0 Å². The Hall–Kier alpha value is -2.48. The second-order valence-corrected chi connectivity index (χ2v) is 7.10. The summed E-state index contributed by atoms with van der Waals surface area (Å²) in [6.07, 6.45) is 0. The summed E-state index contributed by atoms with van der Waals surface area (Å²) in [5, 5.41) is 15.1. The van der Waals surface area contributed by atoms with Crippen molar-refractivity contribution in [2.75, 3.05) is 5.32 Å². The van der Waals surface area contributed by atoms with E-state index in [0.29, 0.717) is 21.6 Å². The van der Waals surface area contributed by atoms with Gasteiger partial charge in [-0.1, -0.05) is 24.3 Å². The third-order valence-electron chi connectivity index (χ3n) is 3.93. The molecule has 0 unspecified atom stereocenters. The predicted molar refractivity (Wildman–Crippen MR) is 113 cm³/mol. The van der Waals surface area contributed by atoms with Gasteiger partial charge in [0.2, 0.25) is 0 Å². The number of furan rings is 1. The second-order valence-electron chi connectivity index (χ2n) is 5.84. The first-order chi connectivity index (χ1) is 13.0. The molecule has 3 aromatic rings. The molecule has 0 spiro atoms. The average Bonchev–Trinajstić information content (AvgIpc) is 3.13. The molecule has 27 heavy (non-hydrogen) atoms. The smallest absolute Gasteiger partial charge is 0.258 e. The number of nitrogens with one attached hydrogen (secondary N) is 2. The van der Waals surface area contributed by atoms with Gasteiger partial charge in [0.25, 0.3) is 5.91 Å². The molecule has 1 amide bonds. The van der Waals surface area contributed by atoms with Crippen LogP contribution in [0.25, 0.3) is 11.3 Å². The lowest BCUT2D eigenvalue weighted by Gasteiger charge is -2.13. The molecule has 2 aromatic carbocycles. The van der Waals surface area contributed by atoms with E-state index < -0.39 is 0 Å². The van der Waals surface area contributed by atoms with Crippen LogP contribution in [0.1, 0.15) is 21.7 Å². The van der Waals surface area contributed by atoms with Gasteiger partial charge in [0.1, 0.15) is 18.1 Å². The molecule has 7 heteroatoms. The quantitative estimate of drug-likeness (QED) is 0.511. The molecular formula is C20H17BrN2O3S. The molecule has 0 saturated carbocycles. The van der Waals surface area contributed by atoms with E-state index in [0.717, 1.165) is 16.8 Å². The molecule has 0 radical (unpaired) electrons. The third kappa shape index (κ3) is 4.63. The number of benzene rings is 2. The minimum atomic E-state index is -0.299. The van der Waals surface area contributed by atoms with E-state index in [9.17, 15) is 4.79 Å². The van der Waals surface area contributed by atoms with Crippen LogP contribution in [-0.4, -0.2) is 16.1 Å². The van der Waals surface area contributed by atoms with Gasteiger partial charge >= 0.3 is 0 Å². The lowest BCUT2D eigenvalue weighted by Crippen LogP contribution is -2.34. The fourth-order valence-electron chi connectivity index (χ4n) is 2.50. The van der Waals surface area contributed by atoms with Crippen LogP contribution in [0.5, 0.6) is 0 Å². The zero-order valence-electron chi connectivity index (χ0n) is 14.5. The number of halogens is 1. The van der Waals surface area contributed by atoms with E-state index in [2.05, 4.69) is 26.6 Å². The highest BCUT2D eigenvalue weighted by Crippen LogP contribution is 2.27. The molecule has 0 fully saturated rings. The lowest BCUT2D eigenvalue weighted by molar-refractivity contribution is 0.0977. The Morgan fingerprint density at radius 1 is 1.19 bits per heavy atom. The van der Waals surface area contributed by atoms with Crippen molar-refractivity contribution in [3.8, 4) is 11.3 Å². The van der Waals surface area contributed by atoms with Gasteiger partial charge in [0.15, 0.2) is 5.11 Å². The maximum absolute atomic E-state index is 12.4. The SMILES string of the molecule is Cc1ccc(-c2ccc(CO)o2)cc1NC(=S)NC(=O)c1ccccc1Br. The highest BCUT2D eigenvalue weighted by Gasteiger charge is 2.12. The molecule has 138 valence electrons. The van der Waals surface area contributed by atoms with Crippen LogP contribution in [0.15, 0.2) is 63.5 Å². The Kier molecular flexibility index (Phi) is 6.05. The molecular weight excluding hydrogens is 428 g/mol. The van der Waals surface area contributed by atoms with Crippen molar-refractivity contribution in [3.63, 3.8) is 0 Å². The highest BCUT2D eigenvalue weighted by molar-refractivity contribution is 9.10. The summed E-state index contributed by atoms with van der Waals surface area (Å²) < 4.78 is 6.26. The number of hydrogen-bond acceptors (Lipinski definition) is 4. The van der Waals surface area contributed by atoms with Gasteiger partial charge in [0.05, 0.1) is 5.56 Å². The fraction of sp³-hybridized carbons (Fsp3) is 0.100. The number of hydrogen-bond donors (Lipinski definition) is 3. The Bertz CT molecular complexity index is 1000. The summed E-state index contributed by atoms with van der Waals surface area (Å²) in [6, 6.07) is 16.4. The van der Waals surface area contributed by atoms with Gasteiger partial charge in [0, 0.05) is 15.7 Å². The monoisotopic (exact) mass is 444 g/mol. The van der Waals surface area contributed by atoms with Crippen LogP contribution < -0.4 is 10.6 Å². The second kappa shape index (κ2) is 8.47. The molecule has 3 rings (SSSR count). The average molecular weight is 445 g/mol. The summed E-state index contributed by atoms with van der Waals surface area (Å²) in [5.41, 5.74) is 3.05. The first-order valence-corrected chi connectivity index (χ1v) is 9.35. The topological polar surface area (TPSA) is 74.5 Å². The number of anilines is 1. The third-order valence-corrected chi connectivity index (χ3v) is 4.83. The summed E-state index contributed by atoms with van der Waals surface area (Å²) in [7, 11) is 0. The van der Waals surface area contributed by atoms with E-state index >= 15 is 0 Å². The van der Waals surface area contributed by atoms with Crippen molar-refractivity contribution in [1.82, 2.24) is 5.32 Å². The number of aliphatic hydroxyl groups excluding tert-OH is 1. The molecule has 5 nitrogen and oxygen atoms in total. The number of carbonyl (C=O) groups excluding carboxylic acids is 1. The van der Waals surface area contributed by atoms with Crippen molar-refractivity contribution in [3.05, 3.63) is 76.0 Å². The van der Waals surface area contributed by atoms with Crippen LogP contribution in [0.4, 0.5) is 5.69 Å². The zero-order chi connectivity index (χ0) is 19.4. The van der Waals surface area contributed by atoms with Gasteiger partial charge in [-0.15, -0.1) is 0 Å². The molecule has 1 heterocycles. The molecule has 0 atom stereocenters. The molecule has 0 aliphatic heterocycles. The molecule has 0 saturated heterocycles. The minimum absolute atomic E-state index is 0.151. The maximum atomic E-state index is 12.4. The number of carbonyl (C=O) groups is 1. The van der Waals surface area contributed by atoms with Gasteiger partial charge in [-0.25, -0.2) is 0 Å². The van der Waals surface area contributed by atoms with Crippen molar-refractivity contribution in [2.45, 2.75) is 13.5 Å². The van der Waals surface area contributed by atoms with Crippen molar-refractivity contribution in [1.29, 1.82) is 0 Å². The summed E-state index contributed by atoms with van der Waals surface area (Å²) >= 11 is 8.64. The van der Waals surface area contributed by atoms with E-state index in [4.69, 9.17) is 21.7 Å². The van der Waals surface area contributed by atoms with Crippen molar-refractivity contribution in [2.24, 2.45) is 0 Å². The lowest BCUT2D eigenvalue weighted by atomic mass is 10.1. The fourth-order valence-corrected chi connectivity index (χ4v) is 3.16. The highest BCUT2D eigenvalue weighted by atomic mass is 79.9. The Balaban J connectivity index is 1.74. The molecule has 3 N–H and O–H groups in total. The largest absolute Gasteiger partial charge is 0.459 e. The zero-order valence-corrected chi connectivity index (χ0v) is 16.9. The number of rotatable bonds is 4. The van der Waals surface area contributed by atoms with Crippen LogP contribution in [0.3, 0.4) is 0 Å². The van der Waals surface area contributed by atoms with E-state index in [-0.39, 0.29) is 17.6 Å². The number of aliphatic hydroxyl groups is 1. The number of amides is 1. The molecule has 0 bridgehead atoms. The van der Waals surface area contributed by atoms with Crippen molar-refractivity contribution < 1.29 is 14.3 Å². The maximum Gasteiger partial charge on any atom is 0.258 e. The van der Waals surface area contributed by atoms with Gasteiger partial charge < -0.3 is 14.8 Å². The Labute approximate surface area is 170 Å². The van der Waals surface area contributed by atoms with Gasteiger partial charge in [-0.3, -0.25) is 10.1 Å². The summed E-state index contributed by atoms with van der Waals surface area (Å²) in [6.45, 7) is 1.79. The normalized spacial score (nSPS) is 10.5. The first kappa shape index (κ1) is 19.3. The predicted octanol–water partition coefficient (Wildman–Crippen LogP) is 4.64. The number of thiocarbonyl (C=S) groups is 1. The van der Waals surface area contributed by atoms with E-state index in [1.807, 2.05) is 31.2 Å². The number of aryl methyl sites for hydroxylation is 1. The Morgan fingerprint density at radius 3 is 2.67 bits per heavy atom. The first-order valence-electron chi connectivity index (χ1n) is 8.15. The molecule has 1 aromatic heterocycles. The van der Waals surface area contributed by atoms with Crippen LogP contribution in [0.2, 0.25) is 0 Å². The van der Waals surface area contributed by atoms with Gasteiger partial charge in [-0.2, -0.15) is 0 Å².